The number of nitrogen functional groups attached to an aromatic ring is 1. The number of nitrogens with two attached hydrogens (primary N) is 1. The Bertz CT molecular complexity index is 539. The first kappa shape index (κ1) is 12.2. The van der Waals surface area contributed by atoms with Gasteiger partial charge in [0.05, 0.1) is 0 Å². The lowest BCUT2D eigenvalue weighted by atomic mass is 9.90. The van der Waals surface area contributed by atoms with E-state index in [2.05, 4.69) is 35.6 Å². The van der Waals surface area contributed by atoms with Gasteiger partial charge < -0.3 is 11.1 Å². The SMILES string of the molecule is Nc1cccc(-c2ccc(C3CCCNC3)cc2)c1. The molecule has 98 valence electrons. The lowest BCUT2D eigenvalue weighted by molar-refractivity contribution is 0.461. The van der Waals surface area contributed by atoms with Gasteiger partial charge in [-0.1, -0.05) is 36.4 Å². The Kier molecular flexibility index (Phi) is 3.51. The third kappa shape index (κ3) is 2.79. The standard InChI is InChI=1S/C17H20N2/c18-17-5-1-3-15(11-17)13-6-8-14(9-7-13)16-4-2-10-19-12-16/h1,3,5-9,11,16,19H,2,4,10,12,18H2. The monoisotopic (exact) mass is 252 g/mol. The average molecular weight is 252 g/mol. The van der Waals surface area contributed by atoms with Crippen molar-refractivity contribution in [2.45, 2.75) is 18.8 Å². The van der Waals surface area contributed by atoms with Crippen LogP contribution in [-0.4, -0.2) is 13.1 Å². The van der Waals surface area contributed by atoms with Crippen molar-refractivity contribution in [3.8, 4) is 11.1 Å². The van der Waals surface area contributed by atoms with Crippen molar-refractivity contribution in [1.82, 2.24) is 5.32 Å². The largest absolute Gasteiger partial charge is 0.399 e. The van der Waals surface area contributed by atoms with Crippen LogP contribution in [0.5, 0.6) is 0 Å². The molecule has 3 N–H and O–H groups in total. The fraction of sp³-hybridized carbons (Fsp3) is 0.294. The Hall–Kier alpha value is -1.80. The quantitative estimate of drug-likeness (QED) is 0.804. The molecule has 0 spiro atoms. The van der Waals surface area contributed by atoms with Gasteiger partial charge in [0.25, 0.3) is 0 Å². The normalized spacial score (nSPS) is 19.3. The predicted octanol–water partition coefficient (Wildman–Crippen LogP) is 3.40. The van der Waals surface area contributed by atoms with Gasteiger partial charge in [-0.15, -0.1) is 0 Å². The van der Waals surface area contributed by atoms with Crippen LogP contribution in [0.2, 0.25) is 0 Å². The molecule has 1 heterocycles. The second-order valence-corrected chi connectivity index (χ2v) is 5.29. The molecule has 1 unspecified atom stereocenters. The van der Waals surface area contributed by atoms with E-state index in [1.165, 1.54) is 29.5 Å². The van der Waals surface area contributed by atoms with Gasteiger partial charge in [-0.2, -0.15) is 0 Å². The first-order valence-corrected chi connectivity index (χ1v) is 6.99. The topological polar surface area (TPSA) is 38.0 Å². The maximum atomic E-state index is 5.83. The summed E-state index contributed by atoms with van der Waals surface area (Å²) in [5.74, 6) is 0.670. The van der Waals surface area contributed by atoms with E-state index in [-0.39, 0.29) is 0 Å². The molecule has 0 bridgehead atoms. The summed E-state index contributed by atoms with van der Waals surface area (Å²) in [5.41, 5.74) is 10.5. The molecule has 1 fully saturated rings. The summed E-state index contributed by atoms with van der Waals surface area (Å²) in [7, 11) is 0. The molecule has 2 nitrogen and oxygen atoms in total. The van der Waals surface area contributed by atoms with Gasteiger partial charge in [0, 0.05) is 12.2 Å². The van der Waals surface area contributed by atoms with E-state index < -0.39 is 0 Å². The molecular weight excluding hydrogens is 232 g/mol. The lowest BCUT2D eigenvalue weighted by Gasteiger charge is -2.23. The molecule has 1 aliphatic rings. The maximum Gasteiger partial charge on any atom is 0.0320 e. The highest BCUT2D eigenvalue weighted by atomic mass is 14.9. The van der Waals surface area contributed by atoms with E-state index in [1.807, 2.05) is 18.2 Å². The van der Waals surface area contributed by atoms with E-state index in [0.717, 1.165) is 18.8 Å². The number of nitrogens with one attached hydrogen (secondary N) is 1. The molecule has 2 heteroatoms. The van der Waals surface area contributed by atoms with Crippen LogP contribution < -0.4 is 11.1 Å². The average Bonchev–Trinajstić information content (AvgIpc) is 2.48. The molecule has 2 aromatic rings. The third-order valence-corrected chi connectivity index (χ3v) is 3.90. The van der Waals surface area contributed by atoms with Crippen LogP contribution in [0.4, 0.5) is 5.69 Å². The fourth-order valence-electron chi connectivity index (χ4n) is 2.80. The van der Waals surface area contributed by atoms with Crippen LogP contribution in [0.3, 0.4) is 0 Å². The first-order chi connectivity index (χ1) is 9.33. The summed E-state index contributed by atoms with van der Waals surface area (Å²) < 4.78 is 0. The zero-order valence-corrected chi connectivity index (χ0v) is 11.1. The summed E-state index contributed by atoms with van der Waals surface area (Å²) in [4.78, 5) is 0. The molecule has 3 rings (SSSR count). The molecule has 1 aliphatic heterocycles. The van der Waals surface area contributed by atoms with Crippen molar-refractivity contribution >= 4 is 5.69 Å². The van der Waals surface area contributed by atoms with E-state index >= 15 is 0 Å². The van der Waals surface area contributed by atoms with Crippen LogP contribution in [0.1, 0.15) is 24.3 Å². The predicted molar refractivity (Wildman–Crippen MR) is 81.1 cm³/mol. The number of hydrogen-bond donors (Lipinski definition) is 2. The highest BCUT2D eigenvalue weighted by Crippen LogP contribution is 2.27. The molecule has 0 aromatic heterocycles. The van der Waals surface area contributed by atoms with Crippen molar-refractivity contribution in [3.63, 3.8) is 0 Å². The van der Waals surface area contributed by atoms with E-state index in [1.54, 1.807) is 0 Å². The number of rotatable bonds is 2. The van der Waals surface area contributed by atoms with Gasteiger partial charge in [0.2, 0.25) is 0 Å². The van der Waals surface area contributed by atoms with Gasteiger partial charge >= 0.3 is 0 Å². The number of anilines is 1. The molecule has 1 saturated heterocycles. The Labute approximate surface area is 114 Å². The highest BCUT2D eigenvalue weighted by molar-refractivity contribution is 5.67. The van der Waals surface area contributed by atoms with E-state index in [9.17, 15) is 0 Å². The molecule has 19 heavy (non-hydrogen) atoms. The third-order valence-electron chi connectivity index (χ3n) is 3.90. The first-order valence-electron chi connectivity index (χ1n) is 6.99. The zero-order chi connectivity index (χ0) is 13.1. The van der Waals surface area contributed by atoms with Crippen LogP contribution in [-0.2, 0) is 0 Å². The van der Waals surface area contributed by atoms with Crippen LogP contribution in [0.25, 0.3) is 11.1 Å². The molecule has 0 saturated carbocycles. The van der Waals surface area contributed by atoms with Gasteiger partial charge in [0.15, 0.2) is 0 Å². The molecule has 0 radical (unpaired) electrons. The molecule has 0 amide bonds. The summed E-state index contributed by atoms with van der Waals surface area (Å²) in [6, 6.07) is 17.0. The minimum Gasteiger partial charge on any atom is -0.399 e. The van der Waals surface area contributed by atoms with Crippen molar-refractivity contribution in [1.29, 1.82) is 0 Å². The Morgan fingerprint density at radius 2 is 1.84 bits per heavy atom. The van der Waals surface area contributed by atoms with Crippen LogP contribution in [0, 0.1) is 0 Å². The second kappa shape index (κ2) is 5.45. The van der Waals surface area contributed by atoms with Gasteiger partial charge in [0.1, 0.15) is 0 Å². The van der Waals surface area contributed by atoms with Crippen LogP contribution in [0.15, 0.2) is 48.5 Å². The minimum atomic E-state index is 0.670. The summed E-state index contributed by atoms with van der Waals surface area (Å²) in [6.45, 7) is 2.27. The summed E-state index contributed by atoms with van der Waals surface area (Å²) >= 11 is 0. The molecule has 0 aliphatic carbocycles. The van der Waals surface area contributed by atoms with Crippen molar-refractivity contribution < 1.29 is 0 Å². The lowest BCUT2D eigenvalue weighted by Crippen LogP contribution is -2.28. The van der Waals surface area contributed by atoms with Crippen molar-refractivity contribution in [3.05, 3.63) is 54.1 Å². The number of benzene rings is 2. The molecule has 2 aromatic carbocycles. The Balaban J connectivity index is 1.82. The number of hydrogen-bond acceptors (Lipinski definition) is 2. The van der Waals surface area contributed by atoms with Crippen molar-refractivity contribution in [2.24, 2.45) is 0 Å². The Morgan fingerprint density at radius 1 is 1.00 bits per heavy atom. The van der Waals surface area contributed by atoms with Gasteiger partial charge in [-0.25, -0.2) is 0 Å². The summed E-state index contributed by atoms with van der Waals surface area (Å²) in [6.07, 6.45) is 2.58. The smallest absolute Gasteiger partial charge is 0.0320 e. The van der Waals surface area contributed by atoms with Gasteiger partial charge in [-0.05, 0) is 54.1 Å². The molecular formula is C17H20N2. The van der Waals surface area contributed by atoms with Crippen molar-refractivity contribution in [2.75, 3.05) is 18.8 Å². The zero-order valence-electron chi connectivity index (χ0n) is 11.1. The Morgan fingerprint density at radius 3 is 2.53 bits per heavy atom. The molecule has 1 atom stereocenters. The van der Waals surface area contributed by atoms with E-state index in [4.69, 9.17) is 5.73 Å². The summed E-state index contributed by atoms with van der Waals surface area (Å²) in [5, 5.41) is 3.47. The minimum absolute atomic E-state index is 0.670. The highest BCUT2D eigenvalue weighted by Gasteiger charge is 2.14. The van der Waals surface area contributed by atoms with E-state index in [0.29, 0.717) is 5.92 Å². The fourth-order valence-corrected chi connectivity index (χ4v) is 2.80. The van der Waals surface area contributed by atoms with Crippen LogP contribution >= 0.6 is 0 Å². The number of piperidine rings is 1. The maximum absolute atomic E-state index is 5.83. The van der Waals surface area contributed by atoms with Gasteiger partial charge in [-0.3, -0.25) is 0 Å². The second-order valence-electron chi connectivity index (χ2n) is 5.29.